The van der Waals surface area contributed by atoms with Crippen LogP contribution in [0.15, 0.2) is 0 Å². The van der Waals surface area contributed by atoms with Crippen molar-refractivity contribution in [3.8, 4) is 6.07 Å². The van der Waals surface area contributed by atoms with E-state index < -0.39 is 0 Å². The van der Waals surface area contributed by atoms with Gasteiger partial charge in [-0.15, -0.1) is 0 Å². The Morgan fingerprint density at radius 3 is 2.67 bits per heavy atom. The van der Waals surface area contributed by atoms with Gasteiger partial charge in [-0.3, -0.25) is 10.2 Å². The number of nitrogens with one attached hydrogen (secondary N) is 1. The maximum Gasteiger partial charge on any atom is 0.116 e. The Bertz CT molecular complexity index is 318. The van der Waals surface area contributed by atoms with Crippen LogP contribution in [0.1, 0.15) is 32.6 Å². The van der Waals surface area contributed by atoms with E-state index in [-0.39, 0.29) is 5.54 Å². The molecule has 0 aromatic rings. The molecule has 1 N–H and O–H groups in total. The molecular formula is C14H26N4. The summed E-state index contributed by atoms with van der Waals surface area (Å²) in [6.07, 6.45) is 5.00. The van der Waals surface area contributed by atoms with Crippen LogP contribution in [0.4, 0.5) is 0 Å². The summed E-state index contributed by atoms with van der Waals surface area (Å²) < 4.78 is 0. The van der Waals surface area contributed by atoms with Crippen LogP contribution in [0.25, 0.3) is 0 Å². The van der Waals surface area contributed by atoms with Crippen molar-refractivity contribution in [2.24, 2.45) is 0 Å². The molecule has 2 unspecified atom stereocenters. The predicted molar refractivity (Wildman–Crippen MR) is 73.3 cm³/mol. The van der Waals surface area contributed by atoms with E-state index in [1.165, 1.54) is 25.7 Å². The number of rotatable bonds is 6. The fourth-order valence-electron chi connectivity index (χ4n) is 2.93. The van der Waals surface area contributed by atoms with Crippen LogP contribution in [0.3, 0.4) is 0 Å². The van der Waals surface area contributed by atoms with E-state index in [0.717, 1.165) is 19.6 Å². The van der Waals surface area contributed by atoms with Crippen LogP contribution >= 0.6 is 0 Å². The van der Waals surface area contributed by atoms with Gasteiger partial charge in [0.15, 0.2) is 0 Å². The number of hydrogen-bond acceptors (Lipinski definition) is 4. The Hall–Kier alpha value is -0.630. The minimum absolute atomic E-state index is 0.379. The van der Waals surface area contributed by atoms with Gasteiger partial charge in [-0.25, -0.2) is 0 Å². The minimum Gasteiger partial charge on any atom is -0.308 e. The number of likely N-dealkylation sites (N-methyl/N-ethyl adjacent to an activating group) is 1. The van der Waals surface area contributed by atoms with Gasteiger partial charge >= 0.3 is 0 Å². The highest BCUT2D eigenvalue weighted by atomic mass is 15.2. The Kier molecular flexibility index (Phi) is 4.26. The number of likely N-dealkylation sites (tertiary alicyclic amines) is 1. The van der Waals surface area contributed by atoms with Crippen LogP contribution in [0, 0.1) is 11.3 Å². The van der Waals surface area contributed by atoms with Gasteiger partial charge in [0.25, 0.3) is 0 Å². The van der Waals surface area contributed by atoms with Crippen molar-refractivity contribution < 1.29 is 0 Å². The first-order valence-electron chi connectivity index (χ1n) is 7.10. The molecule has 0 aromatic carbocycles. The summed E-state index contributed by atoms with van der Waals surface area (Å²) in [6, 6.07) is 3.69. The molecule has 1 heterocycles. The van der Waals surface area contributed by atoms with E-state index >= 15 is 0 Å². The molecule has 2 fully saturated rings. The van der Waals surface area contributed by atoms with E-state index in [0.29, 0.717) is 12.1 Å². The predicted octanol–water partition coefficient (Wildman–Crippen LogP) is 1.05. The minimum atomic E-state index is -0.379. The van der Waals surface area contributed by atoms with Crippen molar-refractivity contribution in [1.82, 2.24) is 15.1 Å². The van der Waals surface area contributed by atoms with Crippen molar-refractivity contribution in [1.29, 1.82) is 5.26 Å². The third kappa shape index (κ3) is 3.68. The summed E-state index contributed by atoms with van der Waals surface area (Å²) >= 11 is 0. The second-order valence-corrected chi connectivity index (χ2v) is 6.39. The number of hydrogen-bond donors (Lipinski definition) is 1. The van der Waals surface area contributed by atoms with Crippen molar-refractivity contribution in [3.63, 3.8) is 0 Å². The van der Waals surface area contributed by atoms with Crippen molar-refractivity contribution in [2.75, 3.05) is 33.7 Å². The lowest BCUT2D eigenvalue weighted by Gasteiger charge is -2.33. The average Bonchev–Trinajstić information content (AvgIpc) is 3.00. The third-order valence-corrected chi connectivity index (χ3v) is 3.94. The number of nitriles is 1. The first-order chi connectivity index (χ1) is 8.52. The zero-order valence-corrected chi connectivity index (χ0v) is 11.9. The fraction of sp³-hybridized carbons (Fsp3) is 0.929. The molecule has 1 aliphatic carbocycles. The lowest BCUT2D eigenvalue weighted by atomic mass is 10.0. The zero-order valence-electron chi connectivity index (χ0n) is 11.9. The first kappa shape index (κ1) is 13.8. The lowest BCUT2D eigenvalue weighted by Crippen LogP contribution is -2.53. The van der Waals surface area contributed by atoms with Gasteiger partial charge in [-0.2, -0.15) is 5.26 Å². The highest BCUT2D eigenvalue weighted by Crippen LogP contribution is 2.25. The van der Waals surface area contributed by atoms with Crippen LogP contribution in [-0.4, -0.2) is 61.2 Å². The summed E-state index contributed by atoms with van der Waals surface area (Å²) in [7, 11) is 4.25. The van der Waals surface area contributed by atoms with E-state index in [9.17, 15) is 5.26 Å². The van der Waals surface area contributed by atoms with Gasteiger partial charge in [0.05, 0.1) is 6.07 Å². The summed E-state index contributed by atoms with van der Waals surface area (Å²) in [6.45, 7) is 5.15. The Morgan fingerprint density at radius 2 is 2.11 bits per heavy atom. The summed E-state index contributed by atoms with van der Waals surface area (Å²) in [4.78, 5) is 4.75. The van der Waals surface area contributed by atoms with Gasteiger partial charge in [0.2, 0.25) is 0 Å². The molecule has 4 nitrogen and oxygen atoms in total. The molecular weight excluding hydrogens is 224 g/mol. The molecule has 18 heavy (non-hydrogen) atoms. The fourth-order valence-corrected chi connectivity index (χ4v) is 2.93. The lowest BCUT2D eigenvalue weighted by molar-refractivity contribution is 0.174. The van der Waals surface area contributed by atoms with Gasteiger partial charge < -0.3 is 4.90 Å². The molecule has 0 bridgehead atoms. The summed E-state index contributed by atoms with van der Waals surface area (Å²) in [5, 5.41) is 12.9. The molecule has 1 saturated carbocycles. The van der Waals surface area contributed by atoms with Crippen LogP contribution in [0.2, 0.25) is 0 Å². The SMILES string of the molecule is CN(C)CC1CCCN1CC(C)(C#N)NC1CC1. The standard InChI is InChI=1S/C14H26N4/c1-14(10-15,16-12-6-7-12)11-18-8-4-5-13(18)9-17(2)3/h12-13,16H,4-9,11H2,1-3H3. The van der Waals surface area contributed by atoms with Crippen LogP contribution < -0.4 is 5.32 Å². The molecule has 0 radical (unpaired) electrons. The monoisotopic (exact) mass is 250 g/mol. The smallest absolute Gasteiger partial charge is 0.116 e. The van der Waals surface area contributed by atoms with Crippen LogP contribution in [0.5, 0.6) is 0 Å². The van der Waals surface area contributed by atoms with E-state index in [1.807, 2.05) is 0 Å². The van der Waals surface area contributed by atoms with E-state index in [4.69, 9.17) is 0 Å². The molecule has 0 spiro atoms. The Balaban J connectivity index is 1.91. The molecule has 2 aliphatic rings. The Morgan fingerprint density at radius 1 is 1.39 bits per heavy atom. The summed E-state index contributed by atoms with van der Waals surface area (Å²) in [5.74, 6) is 0. The molecule has 2 rings (SSSR count). The normalized spacial score (nSPS) is 28.3. The van der Waals surface area contributed by atoms with Crippen molar-refractivity contribution in [3.05, 3.63) is 0 Å². The number of nitrogens with zero attached hydrogens (tertiary/aromatic N) is 3. The quantitative estimate of drug-likeness (QED) is 0.765. The molecule has 0 amide bonds. The third-order valence-electron chi connectivity index (χ3n) is 3.94. The highest BCUT2D eigenvalue weighted by molar-refractivity contribution is 5.09. The second kappa shape index (κ2) is 5.56. The molecule has 2 atom stereocenters. The Labute approximate surface area is 111 Å². The van der Waals surface area contributed by atoms with Crippen molar-refractivity contribution >= 4 is 0 Å². The van der Waals surface area contributed by atoms with Gasteiger partial charge in [-0.1, -0.05) is 0 Å². The molecule has 0 aromatic heterocycles. The average molecular weight is 250 g/mol. The molecule has 1 aliphatic heterocycles. The second-order valence-electron chi connectivity index (χ2n) is 6.39. The van der Waals surface area contributed by atoms with Crippen LogP contribution in [-0.2, 0) is 0 Å². The zero-order chi connectivity index (χ0) is 13.2. The molecule has 4 heteroatoms. The van der Waals surface area contributed by atoms with E-state index in [1.54, 1.807) is 0 Å². The largest absolute Gasteiger partial charge is 0.308 e. The summed E-state index contributed by atoms with van der Waals surface area (Å²) in [5.41, 5.74) is -0.379. The van der Waals surface area contributed by atoms with E-state index in [2.05, 4.69) is 42.2 Å². The molecule has 102 valence electrons. The van der Waals surface area contributed by atoms with Gasteiger partial charge in [0.1, 0.15) is 5.54 Å². The van der Waals surface area contributed by atoms with Gasteiger partial charge in [-0.05, 0) is 53.2 Å². The van der Waals surface area contributed by atoms with Crippen molar-refractivity contribution in [2.45, 2.75) is 50.2 Å². The topological polar surface area (TPSA) is 42.3 Å². The van der Waals surface area contributed by atoms with Gasteiger partial charge in [0, 0.05) is 25.2 Å². The molecule has 1 saturated heterocycles. The first-order valence-corrected chi connectivity index (χ1v) is 7.10. The highest BCUT2D eigenvalue weighted by Gasteiger charge is 2.36. The maximum absolute atomic E-state index is 9.44. The maximum atomic E-state index is 9.44.